The molecule has 1 aliphatic heterocycles. The number of carbonyl (C=O) groups excluding carboxylic acids is 1. The van der Waals surface area contributed by atoms with Crippen LogP contribution < -0.4 is 24.4 Å². The van der Waals surface area contributed by atoms with E-state index in [4.69, 9.17) is 25.8 Å². The lowest BCUT2D eigenvalue weighted by atomic mass is 9.95. The minimum Gasteiger partial charge on any atom is -0.493 e. The van der Waals surface area contributed by atoms with Crippen molar-refractivity contribution < 1.29 is 19.0 Å². The predicted molar refractivity (Wildman–Crippen MR) is 142 cm³/mol. The third kappa shape index (κ3) is 6.01. The molecule has 35 heavy (non-hydrogen) atoms. The summed E-state index contributed by atoms with van der Waals surface area (Å²) in [5.41, 5.74) is 3.10. The molecule has 1 fully saturated rings. The number of nitrogens with zero attached hydrogens (tertiary/aromatic N) is 1. The molecule has 0 bridgehead atoms. The molecular weight excluding hydrogens is 487 g/mol. The molecule has 0 aromatic heterocycles. The van der Waals surface area contributed by atoms with Gasteiger partial charge in [-0.25, -0.2) is 0 Å². The zero-order valence-corrected chi connectivity index (χ0v) is 21.6. The summed E-state index contributed by atoms with van der Waals surface area (Å²) in [4.78, 5) is 14.9. The van der Waals surface area contributed by atoms with Gasteiger partial charge in [0.15, 0.2) is 17.6 Å². The Morgan fingerprint density at radius 3 is 2.37 bits per heavy atom. The van der Waals surface area contributed by atoms with Gasteiger partial charge in [-0.1, -0.05) is 35.9 Å². The van der Waals surface area contributed by atoms with Crippen LogP contribution in [0, 0.1) is 6.92 Å². The van der Waals surface area contributed by atoms with Gasteiger partial charge in [-0.05, 0) is 73.5 Å². The summed E-state index contributed by atoms with van der Waals surface area (Å²) in [7, 11) is 3.26. The summed E-state index contributed by atoms with van der Waals surface area (Å²) >= 11 is 5.99. The van der Waals surface area contributed by atoms with E-state index in [0.29, 0.717) is 28.8 Å². The number of benzene rings is 3. The largest absolute Gasteiger partial charge is 0.493 e. The molecule has 0 aliphatic carbocycles. The smallest absolute Gasteiger partial charge is 0.270 e. The molecule has 0 saturated carbocycles. The fourth-order valence-electron chi connectivity index (χ4n) is 4.16. The Bertz CT molecular complexity index is 1140. The van der Waals surface area contributed by atoms with Crippen LogP contribution in [0.4, 0.5) is 5.69 Å². The van der Waals surface area contributed by atoms with Crippen LogP contribution in [0.3, 0.4) is 0 Å². The highest BCUT2D eigenvalue weighted by molar-refractivity contribution is 6.30. The molecule has 1 amide bonds. The van der Waals surface area contributed by atoms with Crippen molar-refractivity contribution in [2.24, 2.45) is 0 Å². The summed E-state index contributed by atoms with van der Waals surface area (Å²) in [5.74, 6) is 2.01. The van der Waals surface area contributed by atoms with E-state index in [9.17, 15) is 4.79 Å². The van der Waals surface area contributed by atoms with E-state index in [1.54, 1.807) is 38.5 Å². The van der Waals surface area contributed by atoms with E-state index < -0.39 is 6.10 Å². The quantitative estimate of drug-likeness (QED) is 0.300. The van der Waals surface area contributed by atoms with Crippen LogP contribution >= 0.6 is 24.0 Å². The van der Waals surface area contributed by atoms with E-state index in [1.807, 2.05) is 54.3 Å². The van der Waals surface area contributed by atoms with Crippen molar-refractivity contribution in [3.05, 3.63) is 82.9 Å². The van der Waals surface area contributed by atoms with E-state index in [2.05, 4.69) is 5.32 Å². The van der Waals surface area contributed by atoms with E-state index >= 15 is 0 Å². The molecule has 186 valence electrons. The normalized spacial score (nSPS) is 16.8. The maximum absolute atomic E-state index is 13.1. The fourth-order valence-corrected chi connectivity index (χ4v) is 4.28. The lowest BCUT2D eigenvalue weighted by Crippen LogP contribution is -2.70. The number of rotatable bonds is 10. The minimum absolute atomic E-state index is 0. The molecule has 1 N–H and O–H groups in total. The Morgan fingerprint density at radius 2 is 1.69 bits per heavy atom. The summed E-state index contributed by atoms with van der Waals surface area (Å²) in [5, 5.41) is 4.13. The molecule has 1 aliphatic rings. The van der Waals surface area contributed by atoms with Crippen LogP contribution in [-0.2, 0) is 11.2 Å². The highest BCUT2D eigenvalue weighted by Crippen LogP contribution is 2.33. The third-order valence-corrected chi connectivity index (χ3v) is 6.26. The number of methoxy groups -OCH3 is 2. The third-order valence-electron chi connectivity index (χ3n) is 6.01. The van der Waals surface area contributed by atoms with Gasteiger partial charge < -0.3 is 24.4 Å². The molecule has 2 unspecified atom stereocenters. The number of ether oxygens (including phenoxy) is 3. The number of para-hydroxylation sites is 1. The first-order chi connectivity index (χ1) is 16.5. The van der Waals surface area contributed by atoms with Gasteiger partial charge in [0.1, 0.15) is 5.75 Å². The maximum Gasteiger partial charge on any atom is 0.270 e. The van der Waals surface area contributed by atoms with Gasteiger partial charge in [-0.3, -0.25) is 4.79 Å². The SMILES string of the molecule is COc1ccc(CCNCC2C(Oc3ccc(Cl)cc3)C(=O)N2c2ccccc2C)cc1OC.Cl. The van der Waals surface area contributed by atoms with Gasteiger partial charge in [-0.15, -0.1) is 12.4 Å². The number of hydrogen-bond donors (Lipinski definition) is 1. The van der Waals surface area contributed by atoms with Crippen molar-refractivity contribution in [3.8, 4) is 17.2 Å². The molecule has 2 atom stereocenters. The number of amides is 1. The molecule has 3 aromatic carbocycles. The van der Waals surface area contributed by atoms with Gasteiger partial charge in [0, 0.05) is 17.3 Å². The van der Waals surface area contributed by atoms with Crippen molar-refractivity contribution in [1.29, 1.82) is 0 Å². The molecule has 0 spiro atoms. The van der Waals surface area contributed by atoms with Crippen LogP contribution in [0.5, 0.6) is 17.2 Å². The number of hydrogen-bond acceptors (Lipinski definition) is 5. The molecule has 1 saturated heterocycles. The monoisotopic (exact) mass is 516 g/mol. The standard InChI is InChI=1S/C27H29ClN2O4.ClH/c1-18-6-4-5-7-22(18)30-23(26(27(30)31)34-21-11-9-20(28)10-12-21)17-29-15-14-19-8-13-24(32-2)25(16-19)33-3;/h4-13,16,23,26,29H,14-15,17H2,1-3H3;1H. The second kappa shape index (κ2) is 12.2. The second-order valence-corrected chi connectivity index (χ2v) is 8.63. The topological polar surface area (TPSA) is 60.0 Å². The first kappa shape index (κ1) is 26.7. The summed E-state index contributed by atoms with van der Waals surface area (Å²) in [6, 6.07) is 20.8. The molecule has 6 nitrogen and oxygen atoms in total. The Morgan fingerprint density at radius 1 is 0.971 bits per heavy atom. The number of β-lactam (4-membered cyclic amide) rings is 1. The Labute approximate surface area is 217 Å². The van der Waals surface area contributed by atoms with Gasteiger partial charge in [0.2, 0.25) is 0 Å². The molecular formula is C27H30Cl2N2O4. The van der Waals surface area contributed by atoms with Crippen molar-refractivity contribution in [2.45, 2.75) is 25.5 Å². The Hall–Kier alpha value is -2.93. The highest BCUT2D eigenvalue weighted by Gasteiger charge is 2.50. The first-order valence-corrected chi connectivity index (χ1v) is 11.6. The van der Waals surface area contributed by atoms with Crippen LogP contribution in [0.15, 0.2) is 66.7 Å². The highest BCUT2D eigenvalue weighted by atomic mass is 35.5. The first-order valence-electron chi connectivity index (χ1n) is 11.2. The number of anilines is 1. The molecule has 1 heterocycles. The Balaban J connectivity index is 0.00000342. The average molecular weight is 517 g/mol. The summed E-state index contributed by atoms with van der Waals surface area (Å²) in [6.07, 6.45) is 0.253. The van der Waals surface area contributed by atoms with Crippen molar-refractivity contribution in [2.75, 3.05) is 32.2 Å². The van der Waals surface area contributed by atoms with Crippen molar-refractivity contribution in [3.63, 3.8) is 0 Å². The summed E-state index contributed by atoms with van der Waals surface area (Å²) in [6.45, 7) is 3.36. The summed E-state index contributed by atoms with van der Waals surface area (Å²) < 4.78 is 16.8. The van der Waals surface area contributed by atoms with Crippen LogP contribution in [-0.4, -0.2) is 45.4 Å². The van der Waals surface area contributed by atoms with E-state index in [0.717, 1.165) is 29.8 Å². The number of carbonyl (C=O) groups is 1. The number of halogens is 2. The average Bonchev–Trinajstić information content (AvgIpc) is 2.86. The van der Waals surface area contributed by atoms with Gasteiger partial charge >= 0.3 is 0 Å². The van der Waals surface area contributed by atoms with Crippen molar-refractivity contribution >= 4 is 35.6 Å². The second-order valence-electron chi connectivity index (χ2n) is 8.20. The number of aryl methyl sites for hydroxylation is 1. The lowest BCUT2D eigenvalue weighted by Gasteiger charge is -2.47. The molecule has 0 radical (unpaired) electrons. The van der Waals surface area contributed by atoms with Crippen LogP contribution in [0.1, 0.15) is 11.1 Å². The minimum atomic E-state index is -0.561. The zero-order valence-electron chi connectivity index (χ0n) is 20.0. The van der Waals surface area contributed by atoms with Crippen LogP contribution in [0.2, 0.25) is 5.02 Å². The molecule has 4 rings (SSSR count). The molecule has 8 heteroatoms. The maximum atomic E-state index is 13.1. The Kier molecular flexibility index (Phi) is 9.26. The van der Waals surface area contributed by atoms with Gasteiger partial charge in [0.25, 0.3) is 5.91 Å². The van der Waals surface area contributed by atoms with Crippen molar-refractivity contribution in [1.82, 2.24) is 5.32 Å². The van der Waals surface area contributed by atoms with Gasteiger partial charge in [0.05, 0.1) is 20.3 Å². The lowest BCUT2D eigenvalue weighted by molar-refractivity contribution is -0.134. The van der Waals surface area contributed by atoms with E-state index in [1.165, 1.54) is 0 Å². The zero-order chi connectivity index (χ0) is 24.1. The van der Waals surface area contributed by atoms with Gasteiger partial charge in [-0.2, -0.15) is 0 Å². The number of nitrogens with one attached hydrogen (secondary N) is 1. The van der Waals surface area contributed by atoms with E-state index in [-0.39, 0.29) is 24.4 Å². The molecule has 3 aromatic rings. The van der Waals surface area contributed by atoms with Crippen LogP contribution in [0.25, 0.3) is 0 Å². The fraction of sp³-hybridized carbons (Fsp3) is 0.296. The predicted octanol–water partition coefficient (Wildman–Crippen LogP) is 5.08.